The van der Waals surface area contributed by atoms with Crippen molar-refractivity contribution in [2.45, 2.75) is 64.0 Å². The van der Waals surface area contributed by atoms with Crippen molar-refractivity contribution in [1.82, 2.24) is 4.90 Å². The maximum absolute atomic E-state index is 6.20. The fraction of sp³-hybridized carbons (Fsp3) is 1.00. The Labute approximate surface area is 107 Å². The summed E-state index contributed by atoms with van der Waals surface area (Å²) in [6.07, 6.45) is 7.94. The molecule has 1 unspecified atom stereocenters. The zero-order valence-electron chi connectivity index (χ0n) is 11.9. The van der Waals surface area contributed by atoms with Crippen molar-refractivity contribution >= 4 is 0 Å². The summed E-state index contributed by atoms with van der Waals surface area (Å²) < 4.78 is 5.44. The molecule has 0 aromatic heterocycles. The van der Waals surface area contributed by atoms with Gasteiger partial charge in [-0.1, -0.05) is 19.3 Å². The summed E-state index contributed by atoms with van der Waals surface area (Å²) >= 11 is 0. The van der Waals surface area contributed by atoms with E-state index in [1.807, 2.05) is 0 Å². The van der Waals surface area contributed by atoms with Gasteiger partial charge in [0.1, 0.15) is 0 Å². The second kappa shape index (κ2) is 7.34. The minimum Gasteiger partial charge on any atom is -0.377 e. The van der Waals surface area contributed by atoms with E-state index in [0.29, 0.717) is 0 Å². The Morgan fingerprint density at radius 1 is 1.12 bits per heavy atom. The number of nitrogens with zero attached hydrogens (tertiary/aromatic N) is 1. The summed E-state index contributed by atoms with van der Waals surface area (Å²) in [4.78, 5) is 2.57. The van der Waals surface area contributed by atoms with Crippen LogP contribution in [-0.4, -0.2) is 43.3 Å². The third-order valence-corrected chi connectivity index (χ3v) is 4.12. The molecule has 0 aliphatic carbocycles. The van der Waals surface area contributed by atoms with E-state index in [0.717, 1.165) is 13.0 Å². The molecule has 0 radical (unpaired) electrons. The van der Waals surface area contributed by atoms with Crippen molar-refractivity contribution < 1.29 is 4.74 Å². The van der Waals surface area contributed by atoms with Crippen LogP contribution in [0.15, 0.2) is 0 Å². The summed E-state index contributed by atoms with van der Waals surface area (Å²) in [7, 11) is 1.75. The monoisotopic (exact) mass is 242 g/mol. The van der Waals surface area contributed by atoms with Gasteiger partial charge in [0.15, 0.2) is 0 Å². The van der Waals surface area contributed by atoms with Crippen molar-refractivity contribution in [3.63, 3.8) is 0 Å². The van der Waals surface area contributed by atoms with Crippen LogP contribution in [0.1, 0.15) is 52.4 Å². The van der Waals surface area contributed by atoms with Crippen molar-refractivity contribution in [3.8, 4) is 0 Å². The first kappa shape index (κ1) is 14.9. The Kier molecular flexibility index (Phi) is 6.45. The number of nitrogens with two attached hydrogens (primary N) is 1. The van der Waals surface area contributed by atoms with Crippen molar-refractivity contribution in [2.75, 3.05) is 26.7 Å². The van der Waals surface area contributed by atoms with Crippen molar-refractivity contribution in [3.05, 3.63) is 0 Å². The molecule has 0 bridgehead atoms. The van der Waals surface area contributed by atoms with Gasteiger partial charge in [-0.05, 0) is 52.7 Å². The lowest BCUT2D eigenvalue weighted by molar-refractivity contribution is -0.00385. The molecule has 1 saturated heterocycles. The van der Waals surface area contributed by atoms with E-state index >= 15 is 0 Å². The van der Waals surface area contributed by atoms with Gasteiger partial charge in [-0.3, -0.25) is 0 Å². The molecule has 3 nitrogen and oxygen atoms in total. The zero-order chi connectivity index (χ0) is 12.7. The van der Waals surface area contributed by atoms with Gasteiger partial charge in [0.05, 0.1) is 5.60 Å². The number of rotatable bonds is 5. The van der Waals surface area contributed by atoms with Crippen molar-refractivity contribution in [1.29, 1.82) is 0 Å². The van der Waals surface area contributed by atoms with Crippen LogP contribution < -0.4 is 5.73 Å². The van der Waals surface area contributed by atoms with Crippen molar-refractivity contribution in [2.24, 2.45) is 5.73 Å². The Bertz CT molecular complexity index is 198. The highest BCUT2D eigenvalue weighted by molar-refractivity contribution is 4.83. The van der Waals surface area contributed by atoms with Gasteiger partial charge in [0, 0.05) is 13.2 Å². The second-order valence-electron chi connectivity index (χ2n) is 5.81. The number of hydrogen-bond donors (Lipinski definition) is 1. The zero-order valence-corrected chi connectivity index (χ0v) is 11.9. The summed E-state index contributed by atoms with van der Waals surface area (Å²) in [5.74, 6) is 0. The first-order valence-corrected chi connectivity index (χ1v) is 7.09. The maximum Gasteiger partial charge on any atom is 0.0773 e. The molecule has 0 aromatic carbocycles. The Balaban J connectivity index is 2.28. The molecule has 0 aromatic rings. The summed E-state index contributed by atoms with van der Waals surface area (Å²) in [5.41, 5.74) is 5.99. The Morgan fingerprint density at radius 3 is 2.18 bits per heavy atom. The molecule has 1 aliphatic heterocycles. The van der Waals surface area contributed by atoms with E-state index in [9.17, 15) is 0 Å². The molecule has 1 heterocycles. The van der Waals surface area contributed by atoms with E-state index in [-0.39, 0.29) is 11.6 Å². The smallest absolute Gasteiger partial charge is 0.0773 e. The lowest BCUT2D eigenvalue weighted by Gasteiger charge is -2.32. The van der Waals surface area contributed by atoms with Crippen LogP contribution in [0, 0.1) is 0 Å². The first-order chi connectivity index (χ1) is 8.06. The molecule has 1 atom stereocenters. The molecule has 1 rings (SSSR count). The standard InChI is InChI=1S/C14H30N2O/c1-14(2,17-3)13(15)9-12-16-10-7-5-4-6-8-11-16/h13H,4-12,15H2,1-3H3. The highest BCUT2D eigenvalue weighted by atomic mass is 16.5. The fourth-order valence-electron chi connectivity index (χ4n) is 2.36. The normalized spacial score (nSPS) is 21.9. The predicted octanol–water partition coefficient (Wildman–Crippen LogP) is 2.39. The summed E-state index contributed by atoms with van der Waals surface area (Å²) in [6.45, 7) is 7.77. The van der Waals surface area contributed by atoms with Gasteiger partial charge in [-0.15, -0.1) is 0 Å². The molecule has 1 aliphatic rings. The molecule has 2 N–H and O–H groups in total. The van der Waals surface area contributed by atoms with Crippen LogP contribution in [0.5, 0.6) is 0 Å². The lowest BCUT2D eigenvalue weighted by Crippen LogP contribution is -2.46. The van der Waals surface area contributed by atoms with Crippen LogP contribution in [0.2, 0.25) is 0 Å². The molecule has 0 saturated carbocycles. The van der Waals surface area contributed by atoms with Gasteiger partial charge in [0.25, 0.3) is 0 Å². The minimum atomic E-state index is -0.206. The Hall–Kier alpha value is -0.120. The molecular formula is C14H30N2O. The average Bonchev–Trinajstić information content (AvgIpc) is 2.27. The van der Waals surface area contributed by atoms with Gasteiger partial charge in [-0.25, -0.2) is 0 Å². The van der Waals surface area contributed by atoms with E-state index in [4.69, 9.17) is 10.5 Å². The highest BCUT2D eigenvalue weighted by Crippen LogP contribution is 2.16. The predicted molar refractivity (Wildman–Crippen MR) is 73.2 cm³/mol. The van der Waals surface area contributed by atoms with E-state index < -0.39 is 0 Å². The van der Waals surface area contributed by atoms with Crippen LogP contribution in [0.4, 0.5) is 0 Å². The van der Waals surface area contributed by atoms with Gasteiger partial charge < -0.3 is 15.4 Å². The molecule has 3 heteroatoms. The van der Waals surface area contributed by atoms with E-state index in [1.165, 1.54) is 45.2 Å². The maximum atomic E-state index is 6.20. The molecule has 0 amide bonds. The quantitative estimate of drug-likeness (QED) is 0.804. The first-order valence-electron chi connectivity index (χ1n) is 7.09. The number of likely N-dealkylation sites (tertiary alicyclic amines) is 1. The molecule has 0 spiro atoms. The highest BCUT2D eigenvalue weighted by Gasteiger charge is 2.26. The topological polar surface area (TPSA) is 38.5 Å². The number of methoxy groups -OCH3 is 1. The molecule has 17 heavy (non-hydrogen) atoms. The summed E-state index contributed by atoms with van der Waals surface area (Å²) in [5, 5.41) is 0. The fourth-order valence-corrected chi connectivity index (χ4v) is 2.36. The number of ether oxygens (including phenoxy) is 1. The number of hydrogen-bond acceptors (Lipinski definition) is 3. The van der Waals surface area contributed by atoms with Gasteiger partial charge in [-0.2, -0.15) is 0 Å². The Morgan fingerprint density at radius 2 is 1.65 bits per heavy atom. The molecular weight excluding hydrogens is 212 g/mol. The lowest BCUT2D eigenvalue weighted by atomic mass is 9.96. The minimum absolute atomic E-state index is 0.123. The van der Waals surface area contributed by atoms with Crippen LogP contribution in [-0.2, 0) is 4.74 Å². The molecule has 102 valence electrons. The summed E-state index contributed by atoms with van der Waals surface area (Å²) in [6, 6.07) is 0.123. The van der Waals surface area contributed by atoms with Crippen LogP contribution in [0.25, 0.3) is 0 Å². The second-order valence-corrected chi connectivity index (χ2v) is 5.81. The van der Waals surface area contributed by atoms with Crippen LogP contribution in [0.3, 0.4) is 0 Å². The largest absolute Gasteiger partial charge is 0.377 e. The SMILES string of the molecule is COC(C)(C)C(N)CCN1CCCCCCC1. The van der Waals surface area contributed by atoms with Gasteiger partial charge >= 0.3 is 0 Å². The third-order valence-electron chi connectivity index (χ3n) is 4.12. The molecule has 1 fully saturated rings. The average molecular weight is 242 g/mol. The van der Waals surface area contributed by atoms with Gasteiger partial charge in [0.2, 0.25) is 0 Å². The van der Waals surface area contributed by atoms with E-state index in [1.54, 1.807) is 7.11 Å². The third kappa shape index (κ3) is 5.36. The van der Waals surface area contributed by atoms with E-state index in [2.05, 4.69) is 18.7 Å². The van der Waals surface area contributed by atoms with Crippen LogP contribution >= 0.6 is 0 Å².